The van der Waals surface area contributed by atoms with E-state index >= 15 is 0 Å². The van der Waals surface area contributed by atoms with Crippen LogP contribution in [0.15, 0.2) is 64.4 Å². The molecule has 7 nitrogen and oxygen atoms in total. The SMILES string of the molecule is O=c1cc(CN2C[C@@H]3C[C@H](C2)c2ccc(-c4ncc[nH]4)c(=O)n2C3)[nH]c2ccccc12. The van der Waals surface area contributed by atoms with Crippen molar-refractivity contribution in [2.45, 2.75) is 25.4 Å². The molecule has 31 heavy (non-hydrogen) atoms. The number of pyridine rings is 2. The Morgan fingerprint density at radius 2 is 1.97 bits per heavy atom. The molecule has 0 radical (unpaired) electrons. The van der Waals surface area contributed by atoms with Gasteiger partial charge in [0.15, 0.2) is 5.43 Å². The van der Waals surface area contributed by atoms with Gasteiger partial charge in [0.05, 0.1) is 5.56 Å². The fourth-order valence-corrected chi connectivity index (χ4v) is 5.34. The number of nitrogens with zero attached hydrogens (tertiary/aromatic N) is 3. The highest BCUT2D eigenvalue weighted by molar-refractivity contribution is 5.78. The summed E-state index contributed by atoms with van der Waals surface area (Å²) in [7, 11) is 0. The molecule has 6 rings (SSSR count). The summed E-state index contributed by atoms with van der Waals surface area (Å²) in [5.41, 5.74) is 3.64. The summed E-state index contributed by atoms with van der Waals surface area (Å²) in [6.45, 7) is 3.23. The summed E-state index contributed by atoms with van der Waals surface area (Å²) in [6, 6.07) is 13.3. The molecule has 5 heterocycles. The molecule has 1 saturated heterocycles. The third-order valence-corrected chi connectivity index (χ3v) is 6.62. The highest BCUT2D eigenvalue weighted by Crippen LogP contribution is 2.36. The first-order valence-corrected chi connectivity index (χ1v) is 10.7. The van der Waals surface area contributed by atoms with Gasteiger partial charge >= 0.3 is 0 Å². The summed E-state index contributed by atoms with van der Waals surface area (Å²) in [4.78, 5) is 38.7. The minimum atomic E-state index is 0.0365. The lowest BCUT2D eigenvalue weighted by molar-refractivity contribution is 0.113. The van der Waals surface area contributed by atoms with Crippen molar-refractivity contribution >= 4 is 10.9 Å². The molecule has 4 aromatic rings. The molecule has 2 aliphatic heterocycles. The van der Waals surface area contributed by atoms with Crippen LogP contribution in [0.25, 0.3) is 22.3 Å². The number of fused-ring (bicyclic) bond motifs is 5. The van der Waals surface area contributed by atoms with Gasteiger partial charge in [0.25, 0.3) is 5.56 Å². The van der Waals surface area contributed by atoms with Crippen molar-refractivity contribution in [1.29, 1.82) is 0 Å². The zero-order valence-electron chi connectivity index (χ0n) is 17.0. The number of para-hydroxylation sites is 1. The molecule has 0 saturated carbocycles. The number of likely N-dealkylation sites (tertiary alicyclic amines) is 1. The second-order valence-corrected chi connectivity index (χ2v) is 8.72. The van der Waals surface area contributed by atoms with E-state index in [1.807, 2.05) is 34.9 Å². The Bertz CT molecular complexity index is 1390. The van der Waals surface area contributed by atoms with Crippen LogP contribution in [0.5, 0.6) is 0 Å². The molecule has 2 aliphatic rings. The molecule has 0 unspecified atom stereocenters. The molecule has 1 fully saturated rings. The number of benzene rings is 1. The second kappa shape index (κ2) is 7.06. The maximum absolute atomic E-state index is 13.1. The van der Waals surface area contributed by atoms with Crippen molar-refractivity contribution in [1.82, 2.24) is 24.4 Å². The zero-order chi connectivity index (χ0) is 20.9. The molecule has 2 bridgehead atoms. The van der Waals surface area contributed by atoms with Crippen LogP contribution in [-0.4, -0.2) is 37.5 Å². The smallest absolute Gasteiger partial charge is 0.261 e. The summed E-state index contributed by atoms with van der Waals surface area (Å²) in [5, 5.41) is 0.724. The van der Waals surface area contributed by atoms with Crippen molar-refractivity contribution in [3.05, 3.63) is 86.8 Å². The zero-order valence-corrected chi connectivity index (χ0v) is 17.0. The van der Waals surface area contributed by atoms with Gasteiger partial charge in [-0.25, -0.2) is 4.98 Å². The molecule has 7 heteroatoms. The Morgan fingerprint density at radius 3 is 2.84 bits per heavy atom. The highest BCUT2D eigenvalue weighted by atomic mass is 16.1. The molecule has 3 aromatic heterocycles. The van der Waals surface area contributed by atoms with Crippen LogP contribution in [0.4, 0.5) is 0 Å². The molecule has 0 spiro atoms. The topological polar surface area (TPSA) is 86.8 Å². The number of H-pyrrole nitrogens is 2. The van der Waals surface area contributed by atoms with Crippen molar-refractivity contribution < 1.29 is 0 Å². The van der Waals surface area contributed by atoms with Crippen molar-refractivity contribution in [2.75, 3.05) is 13.1 Å². The first kappa shape index (κ1) is 18.3. The molecule has 0 amide bonds. The Balaban J connectivity index is 1.29. The molecular weight excluding hydrogens is 390 g/mol. The average molecular weight is 413 g/mol. The number of aromatic amines is 2. The van der Waals surface area contributed by atoms with Crippen LogP contribution in [-0.2, 0) is 13.1 Å². The van der Waals surface area contributed by atoms with Crippen LogP contribution >= 0.6 is 0 Å². The van der Waals surface area contributed by atoms with Gasteiger partial charge in [-0.05, 0) is 36.6 Å². The van der Waals surface area contributed by atoms with Crippen molar-refractivity contribution in [3.8, 4) is 11.4 Å². The maximum Gasteiger partial charge on any atom is 0.261 e. The molecular formula is C24H23N5O2. The van der Waals surface area contributed by atoms with Crippen LogP contribution in [0.1, 0.15) is 23.7 Å². The number of aromatic nitrogens is 4. The maximum atomic E-state index is 13.1. The van der Waals surface area contributed by atoms with E-state index in [9.17, 15) is 9.59 Å². The quantitative estimate of drug-likeness (QED) is 0.541. The number of hydrogen-bond donors (Lipinski definition) is 2. The lowest BCUT2D eigenvalue weighted by atomic mass is 9.83. The van der Waals surface area contributed by atoms with Gasteiger partial charge in [-0.15, -0.1) is 0 Å². The summed E-state index contributed by atoms with van der Waals surface area (Å²) in [6.07, 6.45) is 4.51. The average Bonchev–Trinajstić information content (AvgIpc) is 3.29. The monoisotopic (exact) mass is 413 g/mol. The van der Waals surface area contributed by atoms with E-state index in [1.165, 1.54) is 0 Å². The van der Waals surface area contributed by atoms with Crippen LogP contribution in [0, 0.1) is 5.92 Å². The normalized spacial score (nSPS) is 20.6. The van der Waals surface area contributed by atoms with E-state index < -0.39 is 0 Å². The first-order chi connectivity index (χ1) is 15.2. The summed E-state index contributed by atoms with van der Waals surface area (Å²) < 4.78 is 1.95. The minimum Gasteiger partial charge on any atom is -0.357 e. The van der Waals surface area contributed by atoms with Gasteiger partial charge in [0.1, 0.15) is 5.82 Å². The fourth-order valence-electron chi connectivity index (χ4n) is 5.34. The number of nitrogens with one attached hydrogen (secondary N) is 2. The number of piperidine rings is 1. The van der Waals surface area contributed by atoms with Gasteiger partial charge < -0.3 is 14.5 Å². The van der Waals surface area contributed by atoms with E-state index in [-0.39, 0.29) is 11.0 Å². The molecule has 2 N–H and O–H groups in total. The predicted molar refractivity (Wildman–Crippen MR) is 119 cm³/mol. The third kappa shape index (κ3) is 3.13. The molecule has 1 aromatic carbocycles. The number of hydrogen-bond acceptors (Lipinski definition) is 4. The Morgan fingerprint density at radius 1 is 1.06 bits per heavy atom. The van der Waals surface area contributed by atoms with Gasteiger partial charge in [-0.1, -0.05) is 12.1 Å². The number of rotatable bonds is 3. The van der Waals surface area contributed by atoms with Gasteiger partial charge in [0, 0.05) is 72.8 Å². The molecule has 156 valence electrons. The number of imidazole rings is 1. The van der Waals surface area contributed by atoms with Crippen molar-refractivity contribution in [2.24, 2.45) is 5.92 Å². The van der Waals surface area contributed by atoms with Gasteiger partial charge in [-0.3, -0.25) is 14.5 Å². The highest BCUT2D eigenvalue weighted by Gasteiger charge is 2.35. The molecule has 2 atom stereocenters. The standard InChI is InChI=1S/C24H23N5O2/c30-22-10-17(27-20-4-2-1-3-18(20)22)14-28-11-15-9-16(13-28)21-6-5-19(23-25-7-8-26-23)24(31)29(21)12-15/h1-8,10,15-16H,9,11-14H2,(H,25,26)(H,27,30)/t15-,16+/m0/s1. The van der Waals surface area contributed by atoms with E-state index in [0.717, 1.165) is 48.3 Å². The van der Waals surface area contributed by atoms with E-state index in [4.69, 9.17) is 0 Å². The summed E-state index contributed by atoms with van der Waals surface area (Å²) in [5.74, 6) is 1.36. The van der Waals surface area contributed by atoms with Crippen LogP contribution < -0.4 is 11.0 Å². The Hall–Kier alpha value is -3.45. The second-order valence-electron chi connectivity index (χ2n) is 8.72. The van der Waals surface area contributed by atoms with E-state index in [2.05, 4.69) is 25.9 Å². The minimum absolute atomic E-state index is 0.0365. The lowest BCUT2D eigenvalue weighted by Crippen LogP contribution is -2.47. The summed E-state index contributed by atoms with van der Waals surface area (Å²) >= 11 is 0. The van der Waals surface area contributed by atoms with E-state index in [0.29, 0.717) is 29.8 Å². The Labute approximate surface area is 178 Å². The van der Waals surface area contributed by atoms with Crippen molar-refractivity contribution in [3.63, 3.8) is 0 Å². The fraction of sp³-hybridized carbons (Fsp3) is 0.292. The lowest BCUT2D eigenvalue weighted by Gasteiger charge is -2.42. The largest absolute Gasteiger partial charge is 0.357 e. The van der Waals surface area contributed by atoms with Gasteiger partial charge in [-0.2, -0.15) is 0 Å². The van der Waals surface area contributed by atoms with E-state index in [1.54, 1.807) is 18.5 Å². The predicted octanol–water partition coefficient (Wildman–Crippen LogP) is 2.70. The first-order valence-electron chi connectivity index (χ1n) is 10.7. The molecule has 0 aliphatic carbocycles. The van der Waals surface area contributed by atoms with Crippen LogP contribution in [0.2, 0.25) is 0 Å². The van der Waals surface area contributed by atoms with Gasteiger partial charge in [0.2, 0.25) is 0 Å². The van der Waals surface area contributed by atoms with Crippen LogP contribution in [0.3, 0.4) is 0 Å². The Kier molecular flexibility index (Phi) is 4.17. The third-order valence-electron chi connectivity index (χ3n) is 6.62.